The highest BCUT2D eigenvalue weighted by Crippen LogP contribution is 2.09. The van der Waals surface area contributed by atoms with Crippen LogP contribution in [-0.4, -0.2) is 10.9 Å². The molecular formula is C15H12N4O. The second kappa shape index (κ2) is 6.16. The van der Waals surface area contributed by atoms with Gasteiger partial charge in [-0.1, -0.05) is 24.8 Å². The van der Waals surface area contributed by atoms with Gasteiger partial charge in [-0.05, 0) is 29.8 Å². The van der Waals surface area contributed by atoms with E-state index in [1.807, 2.05) is 6.07 Å². The number of rotatable bonds is 4. The average Bonchev–Trinajstić information content (AvgIpc) is 2.53. The molecule has 0 bridgehead atoms. The Kier molecular flexibility index (Phi) is 4.10. The van der Waals surface area contributed by atoms with Crippen molar-refractivity contribution >= 4 is 11.6 Å². The zero-order chi connectivity index (χ0) is 14.4. The predicted molar refractivity (Wildman–Crippen MR) is 75.0 cm³/mol. The lowest BCUT2D eigenvalue weighted by Crippen LogP contribution is -2.36. The Bertz CT molecular complexity index is 657. The molecule has 98 valence electrons. The minimum Gasteiger partial charge on any atom is -0.298 e. The minimum absolute atomic E-state index is 0.313. The van der Waals surface area contributed by atoms with E-state index in [1.54, 1.807) is 48.7 Å². The molecule has 0 fully saturated rings. The van der Waals surface area contributed by atoms with E-state index < -0.39 is 0 Å². The molecule has 1 heterocycles. The molecule has 0 saturated carbocycles. The normalized spacial score (nSPS) is 9.35. The fourth-order valence-electron chi connectivity index (χ4n) is 1.51. The summed E-state index contributed by atoms with van der Waals surface area (Å²) in [5.74, 6) is -0.347. The van der Waals surface area contributed by atoms with E-state index in [0.29, 0.717) is 17.0 Å². The van der Waals surface area contributed by atoms with Crippen LogP contribution in [0.15, 0.2) is 55.2 Å². The lowest BCUT2D eigenvalue weighted by atomic mass is 10.1. The summed E-state index contributed by atoms with van der Waals surface area (Å²) in [5.41, 5.74) is 7.42. The van der Waals surface area contributed by atoms with Crippen LogP contribution < -0.4 is 10.9 Å². The van der Waals surface area contributed by atoms with Gasteiger partial charge < -0.3 is 0 Å². The van der Waals surface area contributed by atoms with Gasteiger partial charge in [0.15, 0.2) is 0 Å². The maximum absolute atomic E-state index is 11.8. The Morgan fingerprint density at radius 1 is 1.15 bits per heavy atom. The van der Waals surface area contributed by atoms with Gasteiger partial charge in [0, 0.05) is 6.20 Å². The Morgan fingerprint density at radius 2 is 1.90 bits per heavy atom. The third-order valence-electron chi connectivity index (χ3n) is 2.59. The Hall–Kier alpha value is -3.13. The topological polar surface area (TPSA) is 77.8 Å². The van der Waals surface area contributed by atoms with E-state index in [4.69, 9.17) is 5.26 Å². The van der Waals surface area contributed by atoms with Crippen LogP contribution in [0.1, 0.15) is 21.6 Å². The molecule has 1 aromatic carbocycles. The predicted octanol–water partition coefficient (Wildman–Crippen LogP) is 1.86. The smallest absolute Gasteiger partial charge is 0.288 e. The van der Waals surface area contributed by atoms with E-state index in [0.717, 1.165) is 5.56 Å². The van der Waals surface area contributed by atoms with Gasteiger partial charge in [-0.15, -0.1) is 0 Å². The highest BCUT2D eigenvalue weighted by Gasteiger charge is 2.06. The van der Waals surface area contributed by atoms with Crippen LogP contribution in [0.2, 0.25) is 0 Å². The van der Waals surface area contributed by atoms with E-state index in [-0.39, 0.29) is 5.91 Å². The first kappa shape index (κ1) is 13.3. The highest BCUT2D eigenvalue weighted by atomic mass is 16.2. The third kappa shape index (κ3) is 3.21. The molecule has 2 aromatic rings. The molecule has 2 rings (SSSR count). The third-order valence-corrected chi connectivity index (χ3v) is 2.59. The fraction of sp³-hybridized carbons (Fsp3) is 0. The molecule has 5 nitrogen and oxygen atoms in total. The van der Waals surface area contributed by atoms with Crippen LogP contribution in [-0.2, 0) is 0 Å². The standard InChI is InChI=1S/C15H12N4O/c1-11(13-7-5-12(10-16)6-8-13)18-19-15(20)14-4-2-3-9-17-14/h2-9,18H,1H2,(H,19,20). The van der Waals surface area contributed by atoms with E-state index in [9.17, 15) is 4.79 Å². The summed E-state index contributed by atoms with van der Waals surface area (Å²) in [6.45, 7) is 3.82. The molecule has 0 unspecified atom stereocenters. The summed E-state index contributed by atoms with van der Waals surface area (Å²) < 4.78 is 0. The number of pyridine rings is 1. The van der Waals surface area contributed by atoms with Crippen LogP contribution in [0.4, 0.5) is 0 Å². The second-order valence-corrected chi connectivity index (χ2v) is 3.96. The van der Waals surface area contributed by atoms with Crippen LogP contribution in [0.3, 0.4) is 0 Å². The summed E-state index contributed by atoms with van der Waals surface area (Å²) in [6.07, 6.45) is 1.55. The summed E-state index contributed by atoms with van der Waals surface area (Å²) in [6, 6.07) is 14.0. The van der Waals surface area contributed by atoms with Gasteiger partial charge in [-0.2, -0.15) is 5.26 Å². The summed E-state index contributed by atoms with van der Waals surface area (Å²) in [4.78, 5) is 15.7. The van der Waals surface area contributed by atoms with Crippen LogP contribution in [0, 0.1) is 11.3 Å². The quantitative estimate of drug-likeness (QED) is 0.826. The van der Waals surface area contributed by atoms with Crippen molar-refractivity contribution in [2.75, 3.05) is 0 Å². The first-order valence-corrected chi connectivity index (χ1v) is 5.87. The molecule has 0 spiro atoms. The number of amides is 1. The molecule has 0 atom stereocenters. The van der Waals surface area contributed by atoms with Crippen LogP contribution >= 0.6 is 0 Å². The van der Waals surface area contributed by atoms with Crippen molar-refractivity contribution in [3.05, 3.63) is 72.1 Å². The molecule has 0 saturated heterocycles. The number of nitrogens with one attached hydrogen (secondary N) is 2. The molecule has 0 aliphatic rings. The number of hydrazine groups is 1. The summed E-state index contributed by atoms with van der Waals surface area (Å²) in [7, 11) is 0. The van der Waals surface area contributed by atoms with Crippen molar-refractivity contribution in [3.63, 3.8) is 0 Å². The number of benzene rings is 1. The number of hydrogen-bond donors (Lipinski definition) is 2. The zero-order valence-electron chi connectivity index (χ0n) is 10.6. The number of carbonyl (C=O) groups is 1. The lowest BCUT2D eigenvalue weighted by Gasteiger charge is -2.10. The van der Waals surface area contributed by atoms with Crippen molar-refractivity contribution in [2.45, 2.75) is 0 Å². The maximum atomic E-state index is 11.8. The average molecular weight is 264 g/mol. The Morgan fingerprint density at radius 3 is 2.50 bits per heavy atom. The largest absolute Gasteiger partial charge is 0.298 e. The second-order valence-electron chi connectivity index (χ2n) is 3.96. The molecule has 2 N–H and O–H groups in total. The molecule has 0 radical (unpaired) electrons. The minimum atomic E-state index is -0.347. The van der Waals surface area contributed by atoms with Crippen molar-refractivity contribution in [2.24, 2.45) is 0 Å². The van der Waals surface area contributed by atoms with Crippen molar-refractivity contribution in [1.82, 2.24) is 15.8 Å². The van der Waals surface area contributed by atoms with Gasteiger partial charge in [0.25, 0.3) is 5.91 Å². The fourth-order valence-corrected chi connectivity index (χ4v) is 1.51. The lowest BCUT2D eigenvalue weighted by molar-refractivity contribution is 0.0937. The molecule has 5 heteroatoms. The Labute approximate surface area is 116 Å². The van der Waals surface area contributed by atoms with Crippen molar-refractivity contribution in [1.29, 1.82) is 5.26 Å². The molecule has 0 aliphatic heterocycles. The van der Waals surface area contributed by atoms with E-state index >= 15 is 0 Å². The van der Waals surface area contributed by atoms with Gasteiger partial charge in [-0.3, -0.25) is 20.6 Å². The number of nitrogens with zero attached hydrogens (tertiary/aromatic N) is 2. The van der Waals surface area contributed by atoms with Crippen molar-refractivity contribution < 1.29 is 4.79 Å². The molecule has 1 aromatic heterocycles. The first-order valence-electron chi connectivity index (χ1n) is 5.87. The van der Waals surface area contributed by atoms with Crippen LogP contribution in [0.5, 0.6) is 0 Å². The molecule has 20 heavy (non-hydrogen) atoms. The van der Waals surface area contributed by atoms with Gasteiger partial charge >= 0.3 is 0 Å². The van der Waals surface area contributed by atoms with Crippen molar-refractivity contribution in [3.8, 4) is 6.07 Å². The number of hydrogen-bond acceptors (Lipinski definition) is 4. The molecular weight excluding hydrogens is 252 g/mol. The summed E-state index contributed by atoms with van der Waals surface area (Å²) in [5, 5.41) is 8.72. The first-order chi connectivity index (χ1) is 9.70. The zero-order valence-corrected chi connectivity index (χ0v) is 10.6. The van der Waals surface area contributed by atoms with Gasteiger partial charge in [-0.25, -0.2) is 0 Å². The Balaban J connectivity index is 1.95. The van der Waals surface area contributed by atoms with Gasteiger partial charge in [0.05, 0.1) is 17.3 Å². The molecule has 0 aliphatic carbocycles. The maximum Gasteiger partial charge on any atom is 0.288 e. The van der Waals surface area contributed by atoms with E-state index in [1.165, 1.54) is 0 Å². The van der Waals surface area contributed by atoms with Gasteiger partial charge in [0.2, 0.25) is 0 Å². The monoisotopic (exact) mass is 264 g/mol. The highest BCUT2D eigenvalue weighted by molar-refractivity contribution is 5.92. The van der Waals surface area contributed by atoms with Gasteiger partial charge in [0.1, 0.15) is 5.69 Å². The summed E-state index contributed by atoms with van der Waals surface area (Å²) >= 11 is 0. The van der Waals surface area contributed by atoms with Crippen LogP contribution in [0.25, 0.3) is 5.70 Å². The molecule has 1 amide bonds. The van der Waals surface area contributed by atoms with E-state index in [2.05, 4.69) is 22.4 Å². The number of carbonyl (C=O) groups excluding carboxylic acids is 1. The SMILES string of the molecule is C=C(NNC(=O)c1ccccn1)c1ccc(C#N)cc1. The number of aromatic nitrogens is 1. The number of nitriles is 1.